The smallest absolute Gasteiger partial charge is 0.220 e. The summed E-state index contributed by atoms with van der Waals surface area (Å²) in [7, 11) is -1.76. The number of nitrogens with zero attached hydrogens (tertiary/aromatic N) is 3. The summed E-state index contributed by atoms with van der Waals surface area (Å²) < 4.78 is 33.7. The van der Waals surface area contributed by atoms with Gasteiger partial charge in [-0.05, 0) is 23.8 Å². The van der Waals surface area contributed by atoms with Crippen LogP contribution in [-0.4, -0.2) is 67.7 Å². The molecule has 2 aliphatic rings. The number of hydrogen-bond donors (Lipinski definition) is 2. The summed E-state index contributed by atoms with van der Waals surface area (Å²) in [6.07, 6.45) is 3.38. The summed E-state index contributed by atoms with van der Waals surface area (Å²) in [5.74, 6) is 0.867. The molecule has 2 saturated heterocycles. The fourth-order valence-electron chi connectivity index (χ4n) is 4.03. The van der Waals surface area contributed by atoms with Gasteiger partial charge in [-0.3, -0.25) is 15.3 Å². The van der Waals surface area contributed by atoms with E-state index in [0.29, 0.717) is 32.7 Å². The Kier molecular flexibility index (Phi) is 6.12. The molecule has 1 aromatic carbocycles. The number of aromatic nitrogens is 1. The number of piperazine rings is 1. The molecule has 0 bridgehead atoms. The van der Waals surface area contributed by atoms with Crippen LogP contribution in [0.2, 0.25) is 0 Å². The van der Waals surface area contributed by atoms with Crippen LogP contribution in [0, 0.1) is 0 Å². The minimum atomic E-state index is -3.43. The molecule has 0 spiro atoms. The number of rotatable bonds is 6. The largest absolute Gasteiger partial charge is 0.496 e. The lowest BCUT2D eigenvalue weighted by Gasteiger charge is -2.36. The Balaban J connectivity index is 1.41. The minimum Gasteiger partial charge on any atom is -0.496 e. The van der Waals surface area contributed by atoms with Crippen molar-refractivity contribution in [1.82, 2.24) is 25.0 Å². The molecule has 0 saturated carbocycles. The van der Waals surface area contributed by atoms with Gasteiger partial charge in [-0.2, -0.15) is 4.31 Å². The van der Waals surface area contributed by atoms with E-state index in [4.69, 9.17) is 4.74 Å². The molecule has 2 aromatic rings. The van der Waals surface area contributed by atoms with Crippen LogP contribution in [0.5, 0.6) is 5.75 Å². The number of ether oxygens (including phenoxy) is 1. The van der Waals surface area contributed by atoms with Crippen LogP contribution in [0.25, 0.3) is 0 Å². The normalized spacial score (nSPS) is 23.9. The van der Waals surface area contributed by atoms with Crippen LogP contribution in [-0.2, 0) is 16.6 Å². The number of pyridine rings is 1. The van der Waals surface area contributed by atoms with E-state index >= 15 is 0 Å². The topological polar surface area (TPSA) is 86.8 Å². The van der Waals surface area contributed by atoms with E-state index in [0.717, 1.165) is 23.4 Å². The Morgan fingerprint density at radius 3 is 2.55 bits per heavy atom. The second-order valence-electron chi connectivity index (χ2n) is 7.35. The Morgan fingerprint density at radius 2 is 1.83 bits per heavy atom. The molecule has 0 aliphatic carbocycles. The standard InChI is InChI=1S/C20H27N5O3S/c1-28-18-5-3-2-4-17(18)15-24-10-12-25(13-11-24)29(26,27)19-14-22-23-20(19)16-6-8-21-9-7-16/h2-9,19-20,22-23H,10-15H2,1H3. The zero-order valence-electron chi connectivity index (χ0n) is 16.5. The van der Waals surface area contributed by atoms with Gasteiger partial charge >= 0.3 is 0 Å². The maximum Gasteiger partial charge on any atom is 0.220 e. The summed E-state index contributed by atoms with van der Waals surface area (Å²) >= 11 is 0. The number of nitrogens with one attached hydrogen (secondary N) is 2. The molecule has 4 rings (SSSR count). The van der Waals surface area contributed by atoms with Crippen molar-refractivity contribution in [3.8, 4) is 5.75 Å². The molecular weight excluding hydrogens is 390 g/mol. The first kappa shape index (κ1) is 20.2. The van der Waals surface area contributed by atoms with Crippen molar-refractivity contribution >= 4 is 10.0 Å². The van der Waals surface area contributed by atoms with Gasteiger partial charge in [0.05, 0.1) is 13.2 Å². The molecule has 2 atom stereocenters. The van der Waals surface area contributed by atoms with Crippen molar-refractivity contribution in [2.75, 3.05) is 39.8 Å². The molecule has 3 heterocycles. The summed E-state index contributed by atoms with van der Waals surface area (Å²) in [6.45, 7) is 3.53. The maximum absolute atomic E-state index is 13.3. The quantitative estimate of drug-likeness (QED) is 0.717. The fraction of sp³-hybridized carbons (Fsp3) is 0.450. The number of hydrazine groups is 1. The number of benzene rings is 1. The van der Waals surface area contributed by atoms with Gasteiger partial charge in [0, 0.05) is 57.2 Å². The van der Waals surface area contributed by atoms with Crippen LogP contribution >= 0.6 is 0 Å². The van der Waals surface area contributed by atoms with Crippen molar-refractivity contribution in [3.63, 3.8) is 0 Å². The average Bonchev–Trinajstić information content (AvgIpc) is 3.26. The Bertz CT molecular complexity index is 917. The highest BCUT2D eigenvalue weighted by atomic mass is 32.2. The van der Waals surface area contributed by atoms with Gasteiger partial charge in [-0.1, -0.05) is 18.2 Å². The highest BCUT2D eigenvalue weighted by molar-refractivity contribution is 7.89. The number of para-hydroxylation sites is 1. The molecule has 29 heavy (non-hydrogen) atoms. The van der Waals surface area contributed by atoms with E-state index in [9.17, 15) is 8.42 Å². The van der Waals surface area contributed by atoms with Crippen molar-refractivity contribution in [2.24, 2.45) is 0 Å². The molecule has 2 unspecified atom stereocenters. The predicted octanol–water partition coefficient (Wildman–Crippen LogP) is 0.755. The van der Waals surface area contributed by atoms with Gasteiger partial charge in [0.2, 0.25) is 10.0 Å². The first-order valence-corrected chi connectivity index (χ1v) is 11.3. The van der Waals surface area contributed by atoms with E-state index in [-0.39, 0.29) is 6.04 Å². The number of hydrogen-bond acceptors (Lipinski definition) is 7. The van der Waals surface area contributed by atoms with Crippen molar-refractivity contribution in [2.45, 2.75) is 17.8 Å². The van der Waals surface area contributed by atoms with E-state index in [2.05, 4.69) is 26.8 Å². The molecule has 2 aliphatic heterocycles. The Labute approximate surface area is 171 Å². The third-order valence-electron chi connectivity index (χ3n) is 5.66. The maximum atomic E-state index is 13.3. The predicted molar refractivity (Wildman–Crippen MR) is 111 cm³/mol. The van der Waals surface area contributed by atoms with Crippen LogP contribution < -0.4 is 15.6 Å². The van der Waals surface area contributed by atoms with Gasteiger partial charge in [-0.15, -0.1) is 0 Å². The van der Waals surface area contributed by atoms with Crippen LogP contribution in [0.15, 0.2) is 48.8 Å². The van der Waals surface area contributed by atoms with Crippen LogP contribution in [0.3, 0.4) is 0 Å². The molecule has 2 fully saturated rings. The first-order chi connectivity index (χ1) is 14.1. The minimum absolute atomic E-state index is 0.283. The second kappa shape index (κ2) is 8.76. The Morgan fingerprint density at radius 1 is 1.10 bits per heavy atom. The molecular formula is C20H27N5O3S. The highest BCUT2D eigenvalue weighted by Gasteiger charge is 2.42. The summed E-state index contributed by atoms with van der Waals surface area (Å²) in [6, 6.07) is 11.4. The lowest BCUT2D eigenvalue weighted by Crippen LogP contribution is -2.52. The fourth-order valence-corrected chi connectivity index (χ4v) is 5.95. The third kappa shape index (κ3) is 4.29. The van der Waals surface area contributed by atoms with Crippen molar-refractivity contribution < 1.29 is 13.2 Å². The van der Waals surface area contributed by atoms with Crippen LogP contribution in [0.4, 0.5) is 0 Å². The summed E-state index contributed by atoms with van der Waals surface area (Å²) in [5.41, 5.74) is 8.18. The van der Waals surface area contributed by atoms with Gasteiger partial charge in [0.15, 0.2) is 0 Å². The summed E-state index contributed by atoms with van der Waals surface area (Å²) in [4.78, 5) is 6.30. The molecule has 0 radical (unpaired) electrons. The molecule has 156 valence electrons. The third-order valence-corrected chi connectivity index (χ3v) is 7.95. The highest BCUT2D eigenvalue weighted by Crippen LogP contribution is 2.28. The molecule has 8 nitrogen and oxygen atoms in total. The van der Waals surface area contributed by atoms with E-state index in [1.807, 2.05) is 30.3 Å². The number of sulfonamides is 1. The monoisotopic (exact) mass is 417 g/mol. The zero-order chi connectivity index (χ0) is 20.3. The van der Waals surface area contributed by atoms with Gasteiger partial charge in [0.25, 0.3) is 0 Å². The van der Waals surface area contributed by atoms with E-state index in [1.165, 1.54) is 0 Å². The zero-order valence-corrected chi connectivity index (χ0v) is 17.3. The molecule has 1 aromatic heterocycles. The van der Waals surface area contributed by atoms with Gasteiger partial charge in [-0.25, -0.2) is 13.8 Å². The molecule has 2 N–H and O–H groups in total. The lowest BCUT2D eigenvalue weighted by atomic mass is 10.1. The lowest BCUT2D eigenvalue weighted by molar-refractivity contribution is 0.179. The summed E-state index contributed by atoms with van der Waals surface area (Å²) in [5, 5.41) is -0.536. The van der Waals surface area contributed by atoms with E-state index in [1.54, 1.807) is 23.8 Å². The van der Waals surface area contributed by atoms with Gasteiger partial charge < -0.3 is 4.74 Å². The average molecular weight is 418 g/mol. The Hall–Kier alpha value is -2.04. The van der Waals surface area contributed by atoms with Crippen LogP contribution in [0.1, 0.15) is 17.2 Å². The van der Waals surface area contributed by atoms with Crippen molar-refractivity contribution in [3.05, 3.63) is 59.9 Å². The van der Waals surface area contributed by atoms with Gasteiger partial charge in [0.1, 0.15) is 11.0 Å². The SMILES string of the molecule is COc1ccccc1CN1CCN(S(=O)(=O)C2CNNC2c2ccncc2)CC1. The number of methoxy groups -OCH3 is 1. The first-order valence-electron chi connectivity index (χ1n) is 9.81. The molecule has 9 heteroatoms. The van der Waals surface area contributed by atoms with Crippen molar-refractivity contribution in [1.29, 1.82) is 0 Å². The van der Waals surface area contributed by atoms with E-state index < -0.39 is 15.3 Å². The molecule has 0 amide bonds. The second-order valence-corrected chi connectivity index (χ2v) is 9.51.